The van der Waals surface area contributed by atoms with E-state index in [2.05, 4.69) is 12.2 Å². The fourth-order valence-corrected chi connectivity index (χ4v) is 3.30. The van der Waals surface area contributed by atoms with Crippen LogP contribution in [0.1, 0.15) is 24.8 Å². The van der Waals surface area contributed by atoms with Gasteiger partial charge < -0.3 is 11.1 Å². The van der Waals surface area contributed by atoms with Crippen LogP contribution < -0.4 is 11.1 Å². The summed E-state index contributed by atoms with van der Waals surface area (Å²) in [5.74, 6) is 0.168. The fraction of sp³-hybridized carbons (Fsp3) is 0.462. The molecule has 1 aliphatic heterocycles. The van der Waals surface area contributed by atoms with E-state index in [9.17, 15) is 4.79 Å². The maximum absolute atomic E-state index is 11.5. The van der Waals surface area contributed by atoms with Crippen LogP contribution in [-0.2, 0) is 4.79 Å². The Morgan fingerprint density at radius 1 is 1.47 bits per heavy atom. The molecule has 3 nitrogen and oxygen atoms in total. The van der Waals surface area contributed by atoms with Crippen molar-refractivity contribution in [2.24, 2.45) is 0 Å². The van der Waals surface area contributed by atoms with E-state index in [1.807, 2.05) is 18.2 Å². The quantitative estimate of drug-likeness (QED) is 0.792. The van der Waals surface area contributed by atoms with Crippen LogP contribution in [0.3, 0.4) is 0 Å². The lowest BCUT2D eigenvalue weighted by Crippen LogP contribution is -2.22. The summed E-state index contributed by atoms with van der Waals surface area (Å²) in [7, 11) is 0. The molecule has 4 heteroatoms. The molecule has 0 saturated carbocycles. The number of benzene rings is 1. The van der Waals surface area contributed by atoms with E-state index in [-0.39, 0.29) is 5.91 Å². The summed E-state index contributed by atoms with van der Waals surface area (Å²) >= 11 is 1.78. The molecule has 1 unspecified atom stereocenters. The highest BCUT2D eigenvalue weighted by Crippen LogP contribution is 2.32. The summed E-state index contributed by atoms with van der Waals surface area (Å²) in [6.07, 6.45) is 2.75. The number of rotatable bonds is 2. The molecule has 0 aromatic heterocycles. The number of carbonyl (C=O) groups is 1. The molecule has 0 bridgehead atoms. The van der Waals surface area contributed by atoms with Crippen LogP contribution in [0.25, 0.3) is 0 Å². The first-order valence-electron chi connectivity index (χ1n) is 5.94. The van der Waals surface area contributed by atoms with Gasteiger partial charge in [-0.25, -0.2) is 0 Å². The molecular formula is C13H18N2OS. The molecule has 0 radical (unpaired) electrons. The van der Waals surface area contributed by atoms with E-state index in [0.29, 0.717) is 11.7 Å². The first kappa shape index (κ1) is 12.3. The van der Waals surface area contributed by atoms with Crippen LogP contribution in [0.5, 0.6) is 0 Å². The van der Waals surface area contributed by atoms with Gasteiger partial charge in [-0.1, -0.05) is 6.07 Å². The predicted molar refractivity (Wildman–Crippen MR) is 72.1 cm³/mol. The molecule has 92 valence electrons. The van der Waals surface area contributed by atoms with Crippen LogP contribution in [0.4, 0.5) is 5.69 Å². The third kappa shape index (κ3) is 3.40. The first-order chi connectivity index (χ1) is 8.15. The molecule has 1 aromatic carbocycles. The Kier molecular flexibility index (Phi) is 3.94. The number of nitrogens with one attached hydrogen (secondary N) is 1. The minimum absolute atomic E-state index is 0.168. The van der Waals surface area contributed by atoms with Gasteiger partial charge in [-0.15, -0.1) is 11.8 Å². The Labute approximate surface area is 106 Å². The molecular weight excluding hydrogens is 232 g/mol. The van der Waals surface area contributed by atoms with E-state index in [4.69, 9.17) is 5.73 Å². The van der Waals surface area contributed by atoms with Crippen LogP contribution in [0, 0.1) is 6.92 Å². The van der Waals surface area contributed by atoms with Gasteiger partial charge in [-0.3, -0.25) is 4.79 Å². The molecule has 1 heterocycles. The number of nitrogen functional groups attached to an aromatic ring is 1. The molecule has 2 rings (SSSR count). The predicted octanol–water partition coefficient (Wildman–Crippen LogP) is 2.34. The van der Waals surface area contributed by atoms with Crippen molar-refractivity contribution < 1.29 is 4.79 Å². The largest absolute Gasteiger partial charge is 0.399 e. The normalized spacial score (nSPS) is 20.8. The van der Waals surface area contributed by atoms with Gasteiger partial charge in [0.05, 0.1) is 0 Å². The Hall–Kier alpha value is -1.16. The van der Waals surface area contributed by atoms with Gasteiger partial charge in [-0.05, 0) is 37.5 Å². The molecule has 1 aliphatic rings. The number of hydrogen-bond acceptors (Lipinski definition) is 3. The summed E-state index contributed by atoms with van der Waals surface area (Å²) in [5, 5.41) is 3.28. The highest BCUT2D eigenvalue weighted by Gasteiger charge is 2.19. The Morgan fingerprint density at radius 3 is 3.12 bits per heavy atom. The lowest BCUT2D eigenvalue weighted by molar-refractivity contribution is -0.120. The zero-order chi connectivity index (χ0) is 12.3. The number of aryl methyl sites for hydroxylation is 1. The third-order valence-corrected chi connectivity index (χ3v) is 4.37. The van der Waals surface area contributed by atoms with Crippen molar-refractivity contribution in [3.63, 3.8) is 0 Å². The van der Waals surface area contributed by atoms with Crippen LogP contribution in [-0.4, -0.2) is 17.7 Å². The molecule has 1 atom stereocenters. The third-order valence-electron chi connectivity index (χ3n) is 2.94. The highest BCUT2D eigenvalue weighted by atomic mass is 32.2. The molecule has 1 saturated heterocycles. The number of thioether (sulfide) groups is 1. The number of carbonyl (C=O) groups excluding carboxylic acids is 1. The Balaban J connectivity index is 2.08. The topological polar surface area (TPSA) is 55.1 Å². The summed E-state index contributed by atoms with van der Waals surface area (Å²) in [6, 6.07) is 5.95. The lowest BCUT2D eigenvalue weighted by Gasteiger charge is -2.14. The average molecular weight is 250 g/mol. The van der Waals surface area contributed by atoms with Crippen molar-refractivity contribution >= 4 is 23.4 Å². The van der Waals surface area contributed by atoms with Crippen LogP contribution >= 0.6 is 11.8 Å². The second-order valence-corrected chi connectivity index (χ2v) is 5.80. The molecule has 0 spiro atoms. The van der Waals surface area contributed by atoms with Gasteiger partial charge in [0.15, 0.2) is 0 Å². The second kappa shape index (κ2) is 5.45. The minimum Gasteiger partial charge on any atom is -0.399 e. The Bertz CT molecular complexity index is 420. The maximum Gasteiger partial charge on any atom is 0.221 e. The van der Waals surface area contributed by atoms with Gasteiger partial charge in [0.25, 0.3) is 0 Å². The standard InChI is InChI=1S/C13H18N2OS/c1-9-4-5-10(14)7-12(9)17-11-3-2-6-15-13(16)8-11/h4-5,7,11H,2-3,6,8,14H2,1H3,(H,15,16). The lowest BCUT2D eigenvalue weighted by atomic mass is 10.2. The molecule has 1 fully saturated rings. The van der Waals surface area contributed by atoms with Gasteiger partial charge >= 0.3 is 0 Å². The summed E-state index contributed by atoms with van der Waals surface area (Å²) in [4.78, 5) is 12.7. The maximum atomic E-state index is 11.5. The number of nitrogens with two attached hydrogens (primary N) is 1. The second-order valence-electron chi connectivity index (χ2n) is 4.46. The molecule has 1 amide bonds. The molecule has 17 heavy (non-hydrogen) atoms. The highest BCUT2D eigenvalue weighted by molar-refractivity contribution is 8.00. The summed E-state index contributed by atoms with van der Waals surface area (Å²) < 4.78 is 0. The van der Waals surface area contributed by atoms with Crippen LogP contribution in [0.2, 0.25) is 0 Å². The first-order valence-corrected chi connectivity index (χ1v) is 6.82. The smallest absolute Gasteiger partial charge is 0.221 e. The SMILES string of the molecule is Cc1ccc(N)cc1SC1CCCNC(=O)C1. The van der Waals surface area contributed by atoms with E-state index in [1.165, 1.54) is 10.5 Å². The van der Waals surface area contributed by atoms with Crippen molar-refractivity contribution in [3.05, 3.63) is 23.8 Å². The van der Waals surface area contributed by atoms with Gasteiger partial charge in [-0.2, -0.15) is 0 Å². The number of anilines is 1. The summed E-state index contributed by atoms with van der Waals surface area (Å²) in [5.41, 5.74) is 7.82. The Morgan fingerprint density at radius 2 is 2.29 bits per heavy atom. The van der Waals surface area contributed by atoms with Crippen molar-refractivity contribution in [1.29, 1.82) is 0 Å². The molecule has 0 aliphatic carbocycles. The zero-order valence-electron chi connectivity index (χ0n) is 10.0. The molecule has 3 N–H and O–H groups in total. The minimum atomic E-state index is 0.168. The van der Waals surface area contributed by atoms with Gasteiger partial charge in [0.1, 0.15) is 0 Å². The van der Waals surface area contributed by atoms with E-state index in [1.54, 1.807) is 11.8 Å². The van der Waals surface area contributed by atoms with E-state index in [0.717, 1.165) is 25.1 Å². The monoisotopic (exact) mass is 250 g/mol. The zero-order valence-corrected chi connectivity index (χ0v) is 10.8. The molecule has 1 aromatic rings. The number of amides is 1. The number of hydrogen-bond donors (Lipinski definition) is 2. The van der Waals surface area contributed by atoms with Crippen molar-refractivity contribution in [2.75, 3.05) is 12.3 Å². The van der Waals surface area contributed by atoms with Gasteiger partial charge in [0.2, 0.25) is 5.91 Å². The van der Waals surface area contributed by atoms with Crippen molar-refractivity contribution in [1.82, 2.24) is 5.32 Å². The average Bonchev–Trinajstić information content (AvgIpc) is 2.48. The van der Waals surface area contributed by atoms with E-state index >= 15 is 0 Å². The van der Waals surface area contributed by atoms with Crippen molar-refractivity contribution in [3.8, 4) is 0 Å². The van der Waals surface area contributed by atoms with Crippen molar-refractivity contribution in [2.45, 2.75) is 36.3 Å². The van der Waals surface area contributed by atoms with Gasteiger partial charge in [0, 0.05) is 28.8 Å². The van der Waals surface area contributed by atoms with Crippen LogP contribution in [0.15, 0.2) is 23.1 Å². The fourth-order valence-electron chi connectivity index (χ4n) is 1.96. The van der Waals surface area contributed by atoms with E-state index < -0.39 is 0 Å². The summed E-state index contributed by atoms with van der Waals surface area (Å²) in [6.45, 7) is 2.89.